The fraction of sp³-hybridized carbons (Fsp3) is 0.192. The fourth-order valence-electron chi connectivity index (χ4n) is 4.22. The highest BCUT2D eigenvalue weighted by Crippen LogP contribution is 2.49. The van der Waals surface area contributed by atoms with Crippen LogP contribution in [0.25, 0.3) is 44.4 Å². The van der Waals surface area contributed by atoms with Gasteiger partial charge in [-0.25, -0.2) is 4.98 Å². The SMILES string of the molecule is Cc1ccc2nc(-c3cccc(C(C)(C)C)c3)cc3c2c1-c1ccccc1-3. The van der Waals surface area contributed by atoms with Gasteiger partial charge in [-0.2, -0.15) is 0 Å². The quantitative estimate of drug-likeness (QED) is 0.313. The van der Waals surface area contributed by atoms with Crippen LogP contribution in [0.2, 0.25) is 0 Å². The van der Waals surface area contributed by atoms with E-state index in [-0.39, 0.29) is 5.41 Å². The summed E-state index contributed by atoms with van der Waals surface area (Å²) < 4.78 is 0. The molecule has 0 atom stereocenters. The zero-order valence-electron chi connectivity index (χ0n) is 16.3. The first-order chi connectivity index (χ1) is 12.9. The third kappa shape index (κ3) is 2.42. The molecule has 132 valence electrons. The second-order valence-electron chi connectivity index (χ2n) is 8.58. The molecule has 3 aromatic carbocycles. The van der Waals surface area contributed by atoms with Crippen LogP contribution < -0.4 is 0 Å². The molecule has 1 heterocycles. The number of pyridine rings is 1. The van der Waals surface area contributed by atoms with Gasteiger partial charge in [0.1, 0.15) is 0 Å². The number of aryl methyl sites for hydroxylation is 1. The highest BCUT2D eigenvalue weighted by molar-refractivity contribution is 6.15. The van der Waals surface area contributed by atoms with E-state index in [0.29, 0.717) is 0 Å². The standard InChI is InChI=1S/C26H23N/c1-16-12-13-22-25-21(19-10-5-6-11-20(19)24(16)25)15-23(27-22)17-8-7-9-18(14-17)26(2,3)4/h5-15H,1-4H3. The highest BCUT2D eigenvalue weighted by atomic mass is 14.7. The van der Waals surface area contributed by atoms with E-state index in [1.54, 1.807) is 0 Å². The lowest BCUT2D eigenvalue weighted by atomic mass is 9.86. The Bertz CT molecular complexity index is 1210. The van der Waals surface area contributed by atoms with Crippen LogP contribution in [-0.2, 0) is 5.41 Å². The van der Waals surface area contributed by atoms with Crippen molar-refractivity contribution in [3.8, 4) is 33.5 Å². The van der Waals surface area contributed by atoms with E-state index in [1.165, 1.54) is 44.3 Å². The number of aromatic nitrogens is 1. The third-order valence-electron chi connectivity index (χ3n) is 5.69. The fourth-order valence-corrected chi connectivity index (χ4v) is 4.22. The molecule has 1 aliphatic carbocycles. The van der Waals surface area contributed by atoms with Crippen LogP contribution in [0.3, 0.4) is 0 Å². The van der Waals surface area contributed by atoms with E-state index in [1.807, 2.05) is 0 Å². The summed E-state index contributed by atoms with van der Waals surface area (Å²) in [5.41, 5.74) is 11.4. The summed E-state index contributed by atoms with van der Waals surface area (Å²) in [5, 5.41) is 1.30. The average molecular weight is 349 g/mol. The molecule has 1 aromatic heterocycles. The topological polar surface area (TPSA) is 12.9 Å². The van der Waals surface area contributed by atoms with Gasteiger partial charge in [-0.05, 0) is 63.9 Å². The van der Waals surface area contributed by atoms with E-state index in [4.69, 9.17) is 4.98 Å². The van der Waals surface area contributed by atoms with Gasteiger partial charge >= 0.3 is 0 Å². The molecule has 0 radical (unpaired) electrons. The maximum absolute atomic E-state index is 5.05. The lowest BCUT2D eigenvalue weighted by Gasteiger charge is -2.20. The number of rotatable bonds is 1. The minimum absolute atomic E-state index is 0.126. The third-order valence-corrected chi connectivity index (χ3v) is 5.69. The normalized spacial score (nSPS) is 12.4. The zero-order valence-corrected chi connectivity index (χ0v) is 16.3. The number of benzene rings is 3. The Balaban J connectivity index is 1.80. The summed E-state index contributed by atoms with van der Waals surface area (Å²) in [5.74, 6) is 0. The van der Waals surface area contributed by atoms with Crippen molar-refractivity contribution in [2.24, 2.45) is 0 Å². The van der Waals surface area contributed by atoms with Crippen LogP contribution >= 0.6 is 0 Å². The lowest BCUT2D eigenvalue weighted by molar-refractivity contribution is 0.590. The molecule has 27 heavy (non-hydrogen) atoms. The minimum atomic E-state index is 0.126. The largest absolute Gasteiger partial charge is 0.248 e. The predicted octanol–water partition coefficient (Wildman–Crippen LogP) is 7.16. The molecule has 5 rings (SSSR count). The van der Waals surface area contributed by atoms with Crippen molar-refractivity contribution in [2.45, 2.75) is 33.1 Å². The molecular formula is C26H23N. The van der Waals surface area contributed by atoms with E-state index < -0.39 is 0 Å². The zero-order chi connectivity index (χ0) is 18.8. The summed E-state index contributed by atoms with van der Waals surface area (Å²) in [6.07, 6.45) is 0. The van der Waals surface area contributed by atoms with Crippen LogP contribution in [0.4, 0.5) is 0 Å². The van der Waals surface area contributed by atoms with Crippen molar-refractivity contribution in [3.05, 3.63) is 77.9 Å². The lowest BCUT2D eigenvalue weighted by Crippen LogP contribution is -2.10. The molecule has 0 spiro atoms. The molecule has 0 saturated carbocycles. The maximum Gasteiger partial charge on any atom is 0.0722 e. The van der Waals surface area contributed by atoms with E-state index >= 15 is 0 Å². The Morgan fingerprint density at radius 2 is 1.52 bits per heavy atom. The van der Waals surface area contributed by atoms with Gasteiger partial charge in [0, 0.05) is 10.9 Å². The van der Waals surface area contributed by atoms with Crippen LogP contribution in [0.1, 0.15) is 31.9 Å². The number of hydrogen-bond acceptors (Lipinski definition) is 1. The number of hydrogen-bond donors (Lipinski definition) is 0. The van der Waals surface area contributed by atoms with Gasteiger partial charge in [0.25, 0.3) is 0 Å². The summed E-state index contributed by atoms with van der Waals surface area (Å²) in [7, 11) is 0. The molecule has 0 N–H and O–H groups in total. The van der Waals surface area contributed by atoms with E-state index in [2.05, 4.69) is 94.4 Å². The van der Waals surface area contributed by atoms with Gasteiger partial charge in [0.05, 0.1) is 11.2 Å². The van der Waals surface area contributed by atoms with Gasteiger partial charge in [0.15, 0.2) is 0 Å². The van der Waals surface area contributed by atoms with Gasteiger partial charge in [0.2, 0.25) is 0 Å². The first-order valence-electron chi connectivity index (χ1n) is 9.58. The van der Waals surface area contributed by atoms with Crippen LogP contribution in [0.15, 0.2) is 66.7 Å². The van der Waals surface area contributed by atoms with Gasteiger partial charge < -0.3 is 0 Å². The Morgan fingerprint density at radius 3 is 2.30 bits per heavy atom. The Labute approximate surface area is 160 Å². The summed E-state index contributed by atoms with van der Waals surface area (Å²) in [6, 6.07) is 24.2. The van der Waals surface area contributed by atoms with Gasteiger partial charge in [-0.1, -0.05) is 69.3 Å². The van der Waals surface area contributed by atoms with Crippen molar-refractivity contribution >= 4 is 10.9 Å². The van der Waals surface area contributed by atoms with E-state index in [0.717, 1.165) is 11.2 Å². The molecule has 1 nitrogen and oxygen atoms in total. The second kappa shape index (κ2) is 5.53. The molecule has 0 amide bonds. The van der Waals surface area contributed by atoms with Crippen molar-refractivity contribution < 1.29 is 0 Å². The Morgan fingerprint density at radius 1 is 0.741 bits per heavy atom. The predicted molar refractivity (Wildman–Crippen MR) is 115 cm³/mol. The molecule has 0 aliphatic heterocycles. The number of nitrogens with zero attached hydrogens (tertiary/aromatic N) is 1. The molecule has 0 unspecified atom stereocenters. The molecule has 0 saturated heterocycles. The number of fused-ring (bicyclic) bond motifs is 3. The smallest absolute Gasteiger partial charge is 0.0722 e. The van der Waals surface area contributed by atoms with Crippen molar-refractivity contribution in [1.29, 1.82) is 0 Å². The van der Waals surface area contributed by atoms with Crippen LogP contribution in [0.5, 0.6) is 0 Å². The first kappa shape index (κ1) is 16.3. The van der Waals surface area contributed by atoms with Crippen molar-refractivity contribution in [2.75, 3.05) is 0 Å². The van der Waals surface area contributed by atoms with Crippen molar-refractivity contribution in [1.82, 2.24) is 4.98 Å². The summed E-state index contributed by atoms with van der Waals surface area (Å²) in [6.45, 7) is 8.96. The molecule has 1 heteroatoms. The highest BCUT2D eigenvalue weighted by Gasteiger charge is 2.24. The maximum atomic E-state index is 5.05. The van der Waals surface area contributed by atoms with Crippen LogP contribution in [-0.4, -0.2) is 4.98 Å². The average Bonchev–Trinajstić information content (AvgIpc) is 3.00. The van der Waals surface area contributed by atoms with Gasteiger partial charge in [-0.3, -0.25) is 0 Å². The molecule has 4 aromatic rings. The second-order valence-corrected chi connectivity index (χ2v) is 8.58. The minimum Gasteiger partial charge on any atom is -0.248 e. The summed E-state index contributed by atoms with van der Waals surface area (Å²) >= 11 is 0. The monoisotopic (exact) mass is 349 g/mol. The molecule has 0 bridgehead atoms. The molecular weight excluding hydrogens is 326 g/mol. The summed E-state index contributed by atoms with van der Waals surface area (Å²) in [4.78, 5) is 5.05. The van der Waals surface area contributed by atoms with E-state index in [9.17, 15) is 0 Å². The van der Waals surface area contributed by atoms with Crippen LogP contribution in [0, 0.1) is 6.92 Å². The molecule has 0 fully saturated rings. The Kier molecular flexibility index (Phi) is 3.33. The Hall–Kier alpha value is -2.93. The molecule has 1 aliphatic rings. The van der Waals surface area contributed by atoms with Gasteiger partial charge in [-0.15, -0.1) is 0 Å². The first-order valence-corrected chi connectivity index (χ1v) is 9.58. The van der Waals surface area contributed by atoms with Crippen molar-refractivity contribution in [3.63, 3.8) is 0 Å².